The predicted molar refractivity (Wildman–Crippen MR) is 108 cm³/mol. The van der Waals surface area contributed by atoms with Crippen LogP contribution in [0.1, 0.15) is 47.2 Å². The summed E-state index contributed by atoms with van der Waals surface area (Å²) in [5, 5.41) is 2.99. The zero-order valence-corrected chi connectivity index (χ0v) is 16.6. The number of ether oxygens (including phenoxy) is 1. The van der Waals surface area contributed by atoms with E-state index in [0.29, 0.717) is 59.1 Å². The number of halogens is 1. The molecule has 8 nitrogen and oxygen atoms in total. The Morgan fingerprint density at radius 2 is 2.07 bits per heavy atom. The van der Waals surface area contributed by atoms with E-state index < -0.39 is 11.9 Å². The number of aromatic nitrogens is 4. The Bertz CT molecular complexity index is 1120. The maximum atomic E-state index is 14.1. The molecule has 4 rings (SSSR count). The van der Waals surface area contributed by atoms with Crippen LogP contribution >= 0.6 is 0 Å². The Kier molecular flexibility index (Phi) is 5.26. The molecule has 3 N–H and O–H groups in total. The maximum Gasteiger partial charge on any atom is 0.255 e. The first-order valence-electron chi connectivity index (χ1n) is 9.70. The largest absolute Gasteiger partial charge is 0.477 e. The lowest BCUT2D eigenvalue weighted by atomic mass is 9.90. The number of carbonyl (C=O) groups is 1. The first kappa shape index (κ1) is 19.7. The van der Waals surface area contributed by atoms with Gasteiger partial charge < -0.3 is 15.8 Å². The third kappa shape index (κ3) is 3.66. The molecule has 1 aliphatic heterocycles. The van der Waals surface area contributed by atoms with Crippen LogP contribution in [0.5, 0.6) is 5.88 Å². The average Bonchev–Trinajstić information content (AvgIpc) is 2.73. The monoisotopic (exact) mass is 408 g/mol. The molecular formula is C21H21FN6O2. The van der Waals surface area contributed by atoms with Crippen LogP contribution in [-0.2, 0) is 12.8 Å². The second-order valence-electron chi connectivity index (χ2n) is 6.84. The van der Waals surface area contributed by atoms with Gasteiger partial charge in [-0.3, -0.25) is 9.78 Å². The molecule has 9 heteroatoms. The highest BCUT2D eigenvalue weighted by Gasteiger charge is 2.31. The van der Waals surface area contributed by atoms with Gasteiger partial charge in [-0.15, -0.1) is 0 Å². The Hall–Kier alpha value is -3.62. The normalized spacial score (nSPS) is 15.4. The summed E-state index contributed by atoms with van der Waals surface area (Å²) in [7, 11) is 0. The van der Waals surface area contributed by atoms with Gasteiger partial charge in [-0.25, -0.2) is 19.3 Å². The minimum atomic E-state index is -0.433. The van der Waals surface area contributed by atoms with E-state index in [1.165, 1.54) is 24.5 Å². The van der Waals surface area contributed by atoms with Crippen molar-refractivity contribution in [2.75, 3.05) is 12.3 Å². The van der Waals surface area contributed by atoms with E-state index >= 15 is 0 Å². The quantitative estimate of drug-likeness (QED) is 0.667. The lowest BCUT2D eigenvalue weighted by molar-refractivity contribution is 0.0922. The van der Waals surface area contributed by atoms with Gasteiger partial charge in [0, 0.05) is 12.0 Å². The SMILES string of the molecule is CCOc1cncc(-c2cc(F)ccc2[C@H]2Cc3nc(N)nc(CC)c3C(=O)N2)n1. The number of nitrogens with two attached hydrogens (primary N) is 1. The molecule has 2 aromatic heterocycles. The number of nitrogens with zero attached hydrogens (tertiary/aromatic N) is 4. The van der Waals surface area contributed by atoms with E-state index in [0.717, 1.165) is 0 Å². The van der Waals surface area contributed by atoms with Crippen molar-refractivity contribution in [2.24, 2.45) is 0 Å². The topological polar surface area (TPSA) is 116 Å². The Morgan fingerprint density at radius 1 is 1.23 bits per heavy atom. The molecule has 3 aromatic rings. The van der Waals surface area contributed by atoms with Gasteiger partial charge in [0.05, 0.1) is 47.7 Å². The van der Waals surface area contributed by atoms with Crippen molar-refractivity contribution in [1.82, 2.24) is 25.3 Å². The highest BCUT2D eigenvalue weighted by atomic mass is 19.1. The van der Waals surface area contributed by atoms with Gasteiger partial charge in [0.1, 0.15) is 5.82 Å². The smallest absolute Gasteiger partial charge is 0.255 e. The summed E-state index contributed by atoms with van der Waals surface area (Å²) in [5.74, 6) is -0.215. The van der Waals surface area contributed by atoms with Gasteiger partial charge >= 0.3 is 0 Å². The molecule has 1 aliphatic rings. The third-order valence-electron chi connectivity index (χ3n) is 4.91. The minimum Gasteiger partial charge on any atom is -0.477 e. The molecule has 1 aromatic carbocycles. The molecule has 154 valence electrons. The number of amides is 1. The van der Waals surface area contributed by atoms with Crippen molar-refractivity contribution in [1.29, 1.82) is 0 Å². The van der Waals surface area contributed by atoms with Crippen LogP contribution in [0, 0.1) is 5.82 Å². The number of aryl methyl sites for hydroxylation is 1. The molecule has 0 saturated heterocycles. The third-order valence-corrected chi connectivity index (χ3v) is 4.91. The number of benzene rings is 1. The standard InChI is InChI=1S/C21H21FN6O2/c1-3-14-19-16(28-21(23)27-14)8-15(26-20(19)29)12-6-5-11(22)7-13(12)17-9-24-10-18(25-17)30-4-2/h5-7,9-10,15H,3-4,8H2,1-2H3,(H,26,29)(H2,23,27,28)/t15-/m1/s1. The first-order chi connectivity index (χ1) is 14.5. The summed E-state index contributed by atoms with van der Waals surface area (Å²) in [6.07, 6.45) is 4.00. The molecule has 0 radical (unpaired) electrons. The van der Waals surface area contributed by atoms with Gasteiger partial charge in [0.25, 0.3) is 5.91 Å². The molecule has 0 fully saturated rings. The van der Waals surface area contributed by atoms with Crippen LogP contribution in [0.3, 0.4) is 0 Å². The van der Waals surface area contributed by atoms with Gasteiger partial charge in [-0.05, 0) is 31.0 Å². The van der Waals surface area contributed by atoms with E-state index in [4.69, 9.17) is 10.5 Å². The second kappa shape index (κ2) is 8.02. The van der Waals surface area contributed by atoms with Crippen LogP contribution in [0.2, 0.25) is 0 Å². The number of hydrogen-bond donors (Lipinski definition) is 2. The second-order valence-corrected chi connectivity index (χ2v) is 6.84. The summed E-state index contributed by atoms with van der Waals surface area (Å²) in [5.41, 5.74) is 9.17. The molecule has 3 heterocycles. The van der Waals surface area contributed by atoms with E-state index in [9.17, 15) is 9.18 Å². The van der Waals surface area contributed by atoms with Crippen LogP contribution in [-0.4, -0.2) is 32.4 Å². The number of fused-ring (bicyclic) bond motifs is 1. The summed E-state index contributed by atoms with van der Waals surface area (Å²) in [6.45, 7) is 4.18. The highest BCUT2D eigenvalue weighted by Crippen LogP contribution is 2.33. The highest BCUT2D eigenvalue weighted by molar-refractivity contribution is 5.98. The minimum absolute atomic E-state index is 0.133. The number of rotatable bonds is 5. The molecule has 0 unspecified atom stereocenters. The van der Waals surface area contributed by atoms with Gasteiger partial charge in [0.15, 0.2) is 0 Å². The van der Waals surface area contributed by atoms with Crippen molar-refractivity contribution < 1.29 is 13.9 Å². The fourth-order valence-corrected chi connectivity index (χ4v) is 3.66. The molecule has 30 heavy (non-hydrogen) atoms. The van der Waals surface area contributed by atoms with E-state index in [-0.39, 0.29) is 11.9 Å². The van der Waals surface area contributed by atoms with Gasteiger partial charge in [-0.2, -0.15) is 0 Å². The Morgan fingerprint density at radius 3 is 2.83 bits per heavy atom. The number of anilines is 1. The average molecular weight is 408 g/mol. The van der Waals surface area contributed by atoms with Crippen LogP contribution < -0.4 is 15.8 Å². The van der Waals surface area contributed by atoms with E-state index in [1.54, 1.807) is 6.07 Å². The van der Waals surface area contributed by atoms with Crippen molar-refractivity contribution >= 4 is 11.9 Å². The Balaban J connectivity index is 1.78. The van der Waals surface area contributed by atoms with Crippen LogP contribution in [0.15, 0.2) is 30.6 Å². The zero-order chi connectivity index (χ0) is 21.3. The Labute approximate surface area is 172 Å². The van der Waals surface area contributed by atoms with Crippen molar-refractivity contribution in [3.8, 4) is 17.1 Å². The number of nitrogen functional groups attached to an aromatic ring is 1. The molecule has 0 saturated carbocycles. The van der Waals surface area contributed by atoms with E-state index in [2.05, 4.69) is 25.3 Å². The van der Waals surface area contributed by atoms with Gasteiger partial charge in [0.2, 0.25) is 11.8 Å². The number of carbonyl (C=O) groups excluding carboxylic acids is 1. The lowest BCUT2D eigenvalue weighted by Gasteiger charge is -2.28. The predicted octanol–water partition coefficient (Wildman–Crippen LogP) is 2.64. The van der Waals surface area contributed by atoms with Crippen LogP contribution in [0.4, 0.5) is 10.3 Å². The summed E-state index contributed by atoms with van der Waals surface area (Å²) >= 11 is 0. The van der Waals surface area contributed by atoms with Gasteiger partial charge in [-0.1, -0.05) is 13.0 Å². The first-order valence-corrected chi connectivity index (χ1v) is 9.70. The summed E-state index contributed by atoms with van der Waals surface area (Å²) < 4.78 is 19.5. The van der Waals surface area contributed by atoms with Crippen LogP contribution in [0.25, 0.3) is 11.3 Å². The summed E-state index contributed by atoms with van der Waals surface area (Å²) in [6, 6.07) is 3.94. The molecule has 1 atom stereocenters. The number of nitrogens with one attached hydrogen (secondary N) is 1. The molecule has 0 aliphatic carbocycles. The molecular weight excluding hydrogens is 387 g/mol. The summed E-state index contributed by atoms with van der Waals surface area (Å²) in [4.78, 5) is 29.9. The number of hydrogen-bond acceptors (Lipinski definition) is 7. The van der Waals surface area contributed by atoms with Crippen molar-refractivity contribution in [2.45, 2.75) is 32.7 Å². The zero-order valence-electron chi connectivity index (χ0n) is 16.6. The maximum absolute atomic E-state index is 14.1. The molecule has 1 amide bonds. The van der Waals surface area contributed by atoms with Crippen molar-refractivity contribution in [3.05, 3.63) is 58.9 Å². The van der Waals surface area contributed by atoms with Crippen molar-refractivity contribution in [3.63, 3.8) is 0 Å². The lowest BCUT2D eigenvalue weighted by Crippen LogP contribution is -2.37. The van der Waals surface area contributed by atoms with E-state index in [1.807, 2.05) is 13.8 Å². The fourth-order valence-electron chi connectivity index (χ4n) is 3.66. The molecule has 0 bridgehead atoms. The fraction of sp³-hybridized carbons (Fsp3) is 0.286. The molecule has 0 spiro atoms.